The third-order valence-corrected chi connectivity index (χ3v) is 5.26. The molecule has 0 N–H and O–H groups in total. The van der Waals surface area contributed by atoms with E-state index >= 15 is 0 Å². The third kappa shape index (κ3) is 9.54. The molecule has 116 valence electrons. The fourth-order valence-electron chi connectivity index (χ4n) is 1.57. The van der Waals surface area contributed by atoms with Crippen LogP contribution in [0.25, 0.3) is 0 Å². The predicted octanol–water partition coefficient (Wildman–Crippen LogP) is 3.17. The molecule has 6 heteroatoms. The Bertz CT molecular complexity index is 201. The van der Waals surface area contributed by atoms with Crippen molar-refractivity contribution < 1.29 is 23.1 Å². The van der Waals surface area contributed by atoms with Crippen LogP contribution in [-0.2, 0) is 23.1 Å². The van der Waals surface area contributed by atoms with Crippen LogP contribution in [0.1, 0.15) is 48.0 Å². The Balaban J connectivity index is 4.10. The lowest BCUT2D eigenvalue weighted by Gasteiger charge is -2.28. The maximum absolute atomic E-state index is 5.76. The van der Waals surface area contributed by atoms with Crippen LogP contribution in [0.2, 0.25) is 6.04 Å². The average Bonchev–Trinajstić information content (AvgIpc) is 2.28. The summed E-state index contributed by atoms with van der Waals surface area (Å²) in [7, 11) is -2.53. The van der Waals surface area contributed by atoms with Gasteiger partial charge in [0.1, 0.15) is 0 Å². The molecule has 19 heavy (non-hydrogen) atoms. The number of hydrogen-bond donors (Lipinski definition) is 0. The summed E-state index contributed by atoms with van der Waals surface area (Å²) < 4.78 is 17.3. The summed E-state index contributed by atoms with van der Waals surface area (Å²) in [5.41, 5.74) is -0.283. The van der Waals surface area contributed by atoms with Crippen molar-refractivity contribution in [1.82, 2.24) is 0 Å². The van der Waals surface area contributed by atoms with Gasteiger partial charge in [-0.1, -0.05) is 0 Å². The van der Waals surface area contributed by atoms with Crippen LogP contribution >= 0.6 is 0 Å². The molecule has 0 aromatic heterocycles. The summed E-state index contributed by atoms with van der Waals surface area (Å²) in [6.45, 7) is 14.0. The summed E-state index contributed by atoms with van der Waals surface area (Å²) in [5.74, 6) is 0. The minimum absolute atomic E-state index is 0.283. The lowest BCUT2D eigenvalue weighted by molar-refractivity contribution is -0.348. The van der Waals surface area contributed by atoms with Crippen LogP contribution in [0.3, 0.4) is 0 Å². The quantitative estimate of drug-likeness (QED) is 0.253. The molecule has 0 aromatic carbocycles. The fourth-order valence-corrected chi connectivity index (χ4v) is 4.15. The summed E-state index contributed by atoms with van der Waals surface area (Å²) >= 11 is 0. The van der Waals surface area contributed by atoms with E-state index in [9.17, 15) is 0 Å². The number of hydrogen-bond acceptors (Lipinski definition) is 5. The van der Waals surface area contributed by atoms with E-state index in [1.54, 1.807) is 0 Å². The average molecular weight is 294 g/mol. The topological polar surface area (TPSA) is 46.2 Å². The second-order valence-corrected chi connectivity index (χ2v) is 7.84. The highest BCUT2D eigenvalue weighted by Gasteiger charge is 2.39. The van der Waals surface area contributed by atoms with Gasteiger partial charge in [-0.05, 0) is 48.0 Å². The largest absolute Gasteiger partial charge is 0.501 e. The van der Waals surface area contributed by atoms with Gasteiger partial charge in [0.05, 0.1) is 12.2 Å². The molecule has 0 aromatic rings. The molecule has 0 amide bonds. The van der Waals surface area contributed by atoms with E-state index in [1.807, 2.05) is 41.5 Å². The van der Waals surface area contributed by atoms with Crippen molar-refractivity contribution in [2.24, 2.45) is 0 Å². The van der Waals surface area contributed by atoms with E-state index in [1.165, 1.54) is 0 Å². The molecule has 0 heterocycles. The Hall–Kier alpha value is 0.0169. The first kappa shape index (κ1) is 19.0. The van der Waals surface area contributed by atoms with E-state index in [2.05, 4.69) is 0 Å². The van der Waals surface area contributed by atoms with Crippen LogP contribution in [0, 0.1) is 0 Å². The van der Waals surface area contributed by atoms with Gasteiger partial charge >= 0.3 is 8.80 Å². The van der Waals surface area contributed by atoms with Crippen molar-refractivity contribution in [1.29, 1.82) is 0 Å². The summed E-state index contributed by atoms with van der Waals surface area (Å²) in [4.78, 5) is 10.4. The van der Waals surface area contributed by atoms with Crippen LogP contribution in [0.4, 0.5) is 0 Å². The summed E-state index contributed by atoms with van der Waals surface area (Å²) in [5, 5.41) is 0. The Morgan fingerprint density at radius 1 is 0.842 bits per heavy atom. The van der Waals surface area contributed by atoms with Crippen LogP contribution < -0.4 is 0 Å². The molecule has 0 bridgehead atoms. The van der Waals surface area contributed by atoms with Crippen LogP contribution in [-0.4, -0.2) is 40.8 Å². The third-order valence-electron chi connectivity index (χ3n) is 2.11. The van der Waals surface area contributed by atoms with E-state index < -0.39 is 8.80 Å². The lowest BCUT2D eigenvalue weighted by Crippen LogP contribution is -2.46. The zero-order chi connectivity index (χ0) is 14.8. The van der Waals surface area contributed by atoms with Gasteiger partial charge in [0.2, 0.25) is 0 Å². The molecule has 0 aliphatic rings. The van der Waals surface area contributed by atoms with Crippen molar-refractivity contribution in [2.75, 3.05) is 26.4 Å². The zero-order valence-corrected chi connectivity index (χ0v) is 14.3. The van der Waals surface area contributed by atoms with Crippen molar-refractivity contribution in [3.63, 3.8) is 0 Å². The second kappa shape index (κ2) is 9.85. The maximum atomic E-state index is 5.76. The fraction of sp³-hybridized carbons (Fsp3) is 1.00. The van der Waals surface area contributed by atoms with Crippen LogP contribution in [0.15, 0.2) is 0 Å². The van der Waals surface area contributed by atoms with Crippen molar-refractivity contribution in [3.05, 3.63) is 0 Å². The maximum Gasteiger partial charge on any atom is 0.501 e. The second-order valence-electron chi connectivity index (χ2n) is 5.10. The molecule has 5 nitrogen and oxygen atoms in total. The van der Waals surface area contributed by atoms with Gasteiger partial charge in [-0.2, -0.15) is 0 Å². The van der Waals surface area contributed by atoms with E-state index in [0.29, 0.717) is 26.4 Å². The predicted molar refractivity (Wildman–Crippen MR) is 76.8 cm³/mol. The molecule has 0 unspecified atom stereocenters. The molecular weight excluding hydrogens is 264 g/mol. The Kier molecular flexibility index (Phi) is 9.86. The zero-order valence-electron chi connectivity index (χ0n) is 13.3. The first-order valence-electron chi connectivity index (χ1n) is 7.11. The minimum Gasteiger partial charge on any atom is -0.374 e. The molecular formula is C13H30O5Si. The standard InChI is InChI=1S/C13H30O5Si/c1-7-15-19(16-8-2,17-9-3)12-10-11-14-18-13(4,5)6/h7-12H2,1-6H3. The molecule has 0 rings (SSSR count). The normalized spacial score (nSPS) is 12.9. The van der Waals surface area contributed by atoms with Crippen molar-refractivity contribution in [2.45, 2.75) is 59.6 Å². The first-order valence-corrected chi connectivity index (χ1v) is 9.04. The van der Waals surface area contributed by atoms with Crippen molar-refractivity contribution in [3.8, 4) is 0 Å². The molecule has 0 atom stereocenters. The van der Waals surface area contributed by atoms with E-state index in [-0.39, 0.29) is 5.60 Å². The summed E-state index contributed by atoms with van der Waals surface area (Å²) in [6.07, 6.45) is 0.794. The summed E-state index contributed by atoms with van der Waals surface area (Å²) in [6, 6.07) is 0.746. The van der Waals surface area contributed by atoms with E-state index in [4.69, 9.17) is 23.1 Å². The van der Waals surface area contributed by atoms with Gasteiger partial charge in [-0.25, -0.2) is 9.78 Å². The first-order chi connectivity index (χ1) is 8.89. The Morgan fingerprint density at radius 3 is 1.68 bits per heavy atom. The monoisotopic (exact) mass is 294 g/mol. The van der Waals surface area contributed by atoms with Gasteiger partial charge in [0, 0.05) is 25.9 Å². The highest BCUT2D eigenvalue weighted by atomic mass is 28.4. The minimum atomic E-state index is -2.53. The molecule has 0 saturated carbocycles. The Morgan fingerprint density at radius 2 is 1.32 bits per heavy atom. The Labute approximate surface area is 118 Å². The van der Waals surface area contributed by atoms with E-state index in [0.717, 1.165) is 12.5 Å². The molecule has 0 radical (unpaired) electrons. The lowest BCUT2D eigenvalue weighted by atomic mass is 10.2. The SMILES string of the molecule is CCO[Si](CCCOOC(C)(C)C)(OCC)OCC. The highest BCUT2D eigenvalue weighted by molar-refractivity contribution is 6.60. The van der Waals surface area contributed by atoms with Crippen molar-refractivity contribution >= 4 is 8.80 Å². The molecule has 0 aliphatic carbocycles. The molecule has 0 spiro atoms. The molecule has 0 saturated heterocycles. The number of rotatable bonds is 11. The molecule has 0 aliphatic heterocycles. The van der Waals surface area contributed by atoms with Gasteiger partial charge in [0.25, 0.3) is 0 Å². The van der Waals surface area contributed by atoms with Gasteiger partial charge in [-0.3, -0.25) is 0 Å². The molecule has 0 fully saturated rings. The van der Waals surface area contributed by atoms with Crippen LogP contribution in [0.5, 0.6) is 0 Å². The van der Waals surface area contributed by atoms with Gasteiger partial charge in [-0.15, -0.1) is 0 Å². The highest BCUT2D eigenvalue weighted by Crippen LogP contribution is 2.18. The van der Waals surface area contributed by atoms with Gasteiger partial charge < -0.3 is 13.3 Å². The smallest absolute Gasteiger partial charge is 0.374 e. The van der Waals surface area contributed by atoms with Gasteiger partial charge in [0.15, 0.2) is 0 Å².